The molecule has 0 atom stereocenters. The molecule has 0 aliphatic carbocycles. The fourth-order valence-corrected chi connectivity index (χ4v) is 2.94. The molecule has 1 aromatic carbocycles. The van der Waals surface area contributed by atoms with Gasteiger partial charge in [0.15, 0.2) is 0 Å². The first-order valence-corrected chi connectivity index (χ1v) is 8.93. The third kappa shape index (κ3) is 3.63. The molecule has 134 valence electrons. The lowest BCUT2D eigenvalue weighted by Gasteiger charge is -2.09. The SMILES string of the molecule is CCCc1ccnc(C(=O)c2cc3cc(Cl)ccc3n2OC(=O)CC)c1. The van der Waals surface area contributed by atoms with Crippen LogP contribution in [0.4, 0.5) is 0 Å². The first-order chi connectivity index (χ1) is 12.5. The quantitative estimate of drug-likeness (QED) is 0.609. The highest BCUT2D eigenvalue weighted by molar-refractivity contribution is 6.31. The Kier molecular flexibility index (Phi) is 5.38. The molecule has 0 saturated heterocycles. The van der Waals surface area contributed by atoms with E-state index in [1.165, 1.54) is 4.73 Å². The van der Waals surface area contributed by atoms with Crippen LogP contribution in [-0.2, 0) is 11.2 Å². The summed E-state index contributed by atoms with van der Waals surface area (Å²) < 4.78 is 1.27. The van der Waals surface area contributed by atoms with Gasteiger partial charge < -0.3 is 4.84 Å². The standard InChI is InChI=1S/C20H19ClN2O3/c1-3-5-13-8-9-22-16(10-13)20(25)18-12-14-11-15(21)6-7-17(14)23(18)26-19(24)4-2/h6-12H,3-5H2,1-2H3. The highest BCUT2D eigenvalue weighted by atomic mass is 35.5. The molecule has 0 fully saturated rings. The Bertz CT molecular complexity index is 978. The summed E-state index contributed by atoms with van der Waals surface area (Å²) in [7, 11) is 0. The van der Waals surface area contributed by atoms with Crippen LogP contribution in [0.1, 0.15) is 48.4 Å². The van der Waals surface area contributed by atoms with Crippen LogP contribution in [0.3, 0.4) is 0 Å². The number of fused-ring (bicyclic) bond motifs is 1. The molecule has 0 aliphatic heterocycles. The summed E-state index contributed by atoms with van der Waals surface area (Å²) in [6, 6.07) is 10.5. The maximum Gasteiger partial charge on any atom is 0.332 e. The topological polar surface area (TPSA) is 61.2 Å². The Labute approximate surface area is 156 Å². The number of hydrogen-bond donors (Lipinski definition) is 0. The molecule has 0 amide bonds. The fourth-order valence-electron chi connectivity index (χ4n) is 2.76. The second kappa shape index (κ2) is 7.70. The van der Waals surface area contributed by atoms with Crippen LogP contribution < -0.4 is 4.84 Å². The van der Waals surface area contributed by atoms with Crippen molar-refractivity contribution in [2.24, 2.45) is 0 Å². The van der Waals surface area contributed by atoms with E-state index in [-0.39, 0.29) is 17.9 Å². The first kappa shape index (κ1) is 18.1. The van der Waals surface area contributed by atoms with Crippen molar-refractivity contribution in [2.75, 3.05) is 0 Å². The van der Waals surface area contributed by atoms with Crippen LogP contribution in [0.15, 0.2) is 42.6 Å². The molecule has 2 heterocycles. The number of halogens is 1. The van der Waals surface area contributed by atoms with Gasteiger partial charge in [-0.05, 0) is 48.4 Å². The largest absolute Gasteiger partial charge is 0.336 e. The summed E-state index contributed by atoms with van der Waals surface area (Å²) in [4.78, 5) is 34.5. The number of aryl methyl sites for hydroxylation is 1. The van der Waals surface area contributed by atoms with Gasteiger partial charge in [-0.3, -0.25) is 9.78 Å². The summed E-state index contributed by atoms with van der Waals surface area (Å²) in [5.41, 5.74) is 2.20. The van der Waals surface area contributed by atoms with Crippen LogP contribution in [-0.4, -0.2) is 21.5 Å². The number of rotatable bonds is 6. The maximum absolute atomic E-state index is 13.0. The Morgan fingerprint density at radius 1 is 1.15 bits per heavy atom. The zero-order valence-corrected chi connectivity index (χ0v) is 15.4. The molecule has 0 bridgehead atoms. The molecule has 2 aromatic heterocycles. The average Bonchev–Trinajstić information content (AvgIpc) is 2.98. The van der Waals surface area contributed by atoms with Gasteiger partial charge in [-0.1, -0.05) is 31.9 Å². The van der Waals surface area contributed by atoms with Crippen molar-refractivity contribution in [2.45, 2.75) is 33.1 Å². The van der Waals surface area contributed by atoms with E-state index in [4.69, 9.17) is 16.4 Å². The van der Waals surface area contributed by atoms with Gasteiger partial charge in [0.2, 0.25) is 5.78 Å². The molecule has 5 nitrogen and oxygen atoms in total. The van der Waals surface area contributed by atoms with Crippen molar-refractivity contribution in [1.82, 2.24) is 9.71 Å². The Morgan fingerprint density at radius 2 is 1.96 bits per heavy atom. The number of nitrogens with zero attached hydrogens (tertiary/aromatic N) is 2. The number of aromatic nitrogens is 2. The molecule has 6 heteroatoms. The fraction of sp³-hybridized carbons (Fsp3) is 0.250. The van der Waals surface area contributed by atoms with Crippen molar-refractivity contribution in [1.29, 1.82) is 0 Å². The molecule has 0 unspecified atom stereocenters. The average molecular weight is 371 g/mol. The van der Waals surface area contributed by atoms with Crippen LogP contribution in [0.5, 0.6) is 0 Å². The van der Waals surface area contributed by atoms with Gasteiger partial charge in [-0.25, -0.2) is 4.79 Å². The van der Waals surface area contributed by atoms with Gasteiger partial charge in [-0.2, -0.15) is 4.73 Å². The van der Waals surface area contributed by atoms with Gasteiger partial charge in [0.05, 0.1) is 5.52 Å². The van der Waals surface area contributed by atoms with E-state index >= 15 is 0 Å². The molecule has 0 N–H and O–H groups in total. The summed E-state index contributed by atoms with van der Waals surface area (Å²) in [6.07, 6.45) is 3.67. The molecule has 0 spiro atoms. The van der Waals surface area contributed by atoms with Gasteiger partial charge >= 0.3 is 5.97 Å². The normalized spacial score (nSPS) is 10.9. The summed E-state index contributed by atoms with van der Waals surface area (Å²) >= 11 is 6.05. The minimum atomic E-state index is -0.431. The highest BCUT2D eigenvalue weighted by Crippen LogP contribution is 2.24. The van der Waals surface area contributed by atoms with E-state index < -0.39 is 5.97 Å². The minimum Gasteiger partial charge on any atom is -0.336 e. The van der Waals surface area contributed by atoms with Gasteiger partial charge in [0, 0.05) is 23.0 Å². The van der Waals surface area contributed by atoms with Crippen molar-refractivity contribution in [3.63, 3.8) is 0 Å². The molecule has 3 rings (SSSR count). The van der Waals surface area contributed by atoms with E-state index in [1.54, 1.807) is 43.5 Å². The monoisotopic (exact) mass is 370 g/mol. The van der Waals surface area contributed by atoms with Crippen molar-refractivity contribution < 1.29 is 14.4 Å². The molecule has 0 aliphatic rings. The van der Waals surface area contributed by atoms with Crippen LogP contribution >= 0.6 is 11.6 Å². The number of benzene rings is 1. The van der Waals surface area contributed by atoms with Gasteiger partial charge in [-0.15, -0.1) is 0 Å². The zero-order valence-electron chi connectivity index (χ0n) is 14.7. The maximum atomic E-state index is 13.0. The molecule has 0 radical (unpaired) electrons. The van der Waals surface area contributed by atoms with E-state index in [0.29, 0.717) is 16.2 Å². The molecule has 0 saturated carbocycles. The van der Waals surface area contributed by atoms with Gasteiger partial charge in [0.1, 0.15) is 11.4 Å². The number of carbonyl (C=O) groups is 2. The highest BCUT2D eigenvalue weighted by Gasteiger charge is 2.21. The van der Waals surface area contributed by atoms with E-state index in [9.17, 15) is 9.59 Å². The van der Waals surface area contributed by atoms with E-state index in [1.807, 2.05) is 6.07 Å². The lowest BCUT2D eigenvalue weighted by molar-refractivity contribution is -0.143. The molecule has 26 heavy (non-hydrogen) atoms. The second-order valence-electron chi connectivity index (χ2n) is 5.97. The number of carbonyl (C=O) groups excluding carboxylic acids is 2. The van der Waals surface area contributed by atoms with E-state index in [2.05, 4.69) is 11.9 Å². The predicted molar refractivity (Wildman–Crippen MR) is 100 cm³/mol. The minimum absolute atomic E-state index is 0.200. The second-order valence-corrected chi connectivity index (χ2v) is 6.41. The van der Waals surface area contributed by atoms with Crippen LogP contribution in [0.25, 0.3) is 10.9 Å². The number of pyridine rings is 1. The Balaban J connectivity index is 2.10. The molecular weight excluding hydrogens is 352 g/mol. The zero-order chi connectivity index (χ0) is 18.7. The molecular formula is C20H19ClN2O3. The lowest BCUT2D eigenvalue weighted by Crippen LogP contribution is -2.23. The number of ketones is 1. The van der Waals surface area contributed by atoms with Crippen LogP contribution in [0.2, 0.25) is 5.02 Å². The first-order valence-electron chi connectivity index (χ1n) is 8.55. The third-order valence-electron chi connectivity index (χ3n) is 4.03. The molecule has 3 aromatic rings. The van der Waals surface area contributed by atoms with Crippen molar-refractivity contribution in [3.8, 4) is 0 Å². The summed E-state index contributed by atoms with van der Waals surface area (Å²) in [6.45, 7) is 3.77. The van der Waals surface area contributed by atoms with Gasteiger partial charge in [0.25, 0.3) is 0 Å². The van der Waals surface area contributed by atoms with Crippen molar-refractivity contribution >= 4 is 34.3 Å². The third-order valence-corrected chi connectivity index (χ3v) is 4.26. The van der Waals surface area contributed by atoms with Crippen LogP contribution in [0, 0.1) is 0 Å². The Hall–Kier alpha value is -2.66. The Morgan fingerprint density at radius 3 is 2.69 bits per heavy atom. The predicted octanol–water partition coefficient (Wildman–Crippen LogP) is 4.24. The smallest absolute Gasteiger partial charge is 0.332 e. The summed E-state index contributed by atoms with van der Waals surface area (Å²) in [5, 5.41) is 1.26. The van der Waals surface area contributed by atoms with E-state index in [0.717, 1.165) is 23.8 Å². The summed E-state index contributed by atoms with van der Waals surface area (Å²) in [5.74, 6) is -0.738. The number of hydrogen-bond acceptors (Lipinski definition) is 4. The lowest BCUT2D eigenvalue weighted by atomic mass is 10.1. The van der Waals surface area contributed by atoms with Crippen molar-refractivity contribution in [3.05, 3.63) is 64.6 Å².